The number of amidine groups is 1. The average molecular weight is 299 g/mol. The fraction of sp³-hybridized carbons (Fsp3) is 0.538. The molecule has 0 amide bonds. The molecule has 1 aromatic rings. The molecule has 0 aromatic carbocycles. The number of hydrogen-bond acceptors (Lipinski definition) is 5. The van der Waals surface area contributed by atoms with E-state index in [9.17, 15) is 5.11 Å². The number of hydrogen-bond donors (Lipinski definition) is 3. The minimum absolute atomic E-state index is 0.00467. The first kappa shape index (κ1) is 14.9. The number of aliphatic hydroxyl groups is 1. The van der Waals surface area contributed by atoms with Crippen LogP contribution in [0.2, 0.25) is 5.02 Å². The molecule has 110 valence electrons. The molecular formula is C13H19ClN4O2. The molecule has 0 spiro atoms. The van der Waals surface area contributed by atoms with E-state index in [2.05, 4.69) is 10.1 Å². The molecule has 0 saturated carbocycles. The fourth-order valence-electron chi connectivity index (χ4n) is 2.53. The first-order chi connectivity index (χ1) is 9.69. The molecule has 1 aliphatic heterocycles. The number of aliphatic hydroxyl groups excluding tert-OH is 1. The molecule has 7 heteroatoms. The fourth-order valence-corrected chi connectivity index (χ4v) is 2.85. The zero-order chi connectivity index (χ0) is 14.5. The molecule has 1 unspecified atom stereocenters. The van der Waals surface area contributed by atoms with Gasteiger partial charge in [-0.3, -0.25) is 0 Å². The quantitative estimate of drug-likeness (QED) is 0.341. The Morgan fingerprint density at radius 2 is 2.30 bits per heavy atom. The van der Waals surface area contributed by atoms with E-state index in [0.29, 0.717) is 16.4 Å². The lowest BCUT2D eigenvalue weighted by Gasteiger charge is -2.30. The van der Waals surface area contributed by atoms with Crippen molar-refractivity contribution in [1.82, 2.24) is 4.98 Å². The average Bonchev–Trinajstić information content (AvgIpc) is 2.71. The third-order valence-corrected chi connectivity index (χ3v) is 3.99. The third kappa shape index (κ3) is 2.96. The minimum atomic E-state index is -0.0472. The summed E-state index contributed by atoms with van der Waals surface area (Å²) in [6.07, 6.45) is 5.72. The van der Waals surface area contributed by atoms with Crippen LogP contribution in [-0.4, -0.2) is 40.3 Å². The van der Waals surface area contributed by atoms with Crippen LogP contribution in [0.4, 0.5) is 5.82 Å². The van der Waals surface area contributed by atoms with E-state index in [1.165, 1.54) is 0 Å². The van der Waals surface area contributed by atoms with Crippen LogP contribution >= 0.6 is 11.6 Å². The number of nitrogens with two attached hydrogens (primary N) is 1. The zero-order valence-corrected chi connectivity index (χ0v) is 11.9. The third-order valence-electron chi connectivity index (χ3n) is 3.61. The Morgan fingerprint density at radius 3 is 3.00 bits per heavy atom. The van der Waals surface area contributed by atoms with Gasteiger partial charge in [-0.25, -0.2) is 4.98 Å². The normalized spacial score (nSPS) is 20.8. The van der Waals surface area contributed by atoms with Crippen molar-refractivity contribution in [2.24, 2.45) is 10.9 Å². The summed E-state index contributed by atoms with van der Waals surface area (Å²) in [4.78, 5) is 6.33. The van der Waals surface area contributed by atoms with Crippen molar-refractivity contribution < 1.29 is 10.3 Å². The molecule has 6 nitrogen and oxygen atoms in total. The lowest BCUT2D eigenvalue weighted by molar-refractivity contribution is 0.254. The monoisotopic (exact) mass is 298 g/mol. The Bertz CT molecular complexity index is 495. The molecular weight excluding hydrogens is 280 g/mol. The zero-order valence-electron chi connectivity index (χ0n) is 11.2. The summed E-state index contributed by atoms with van der Waals surface area (Å²) in [5.74, 6) is 0.533. The molecule has 0 aliphatic carbocycles. The van der Waals surface area contributed by atoms with E-state index in [1.54, 1.807) is 12.3 Å². The first-order valence-electron chi connectivity index (χ1n) is 6.69. The molecule has 4 N–H and O–H groups in total. The summed E-state index contributed by atoms with van der Waals surface area (Å²) in [5, 5.41) is 21.7. The standard InChI is InChI=1S/C13H19ClN4O2/c14-11-10(12(15)17-20)5-6-16-13(11)18-7-3-1-2-4-9(18)8-19/h5-6,9,19-20H,1-4,7-8H2,(H2,15,17). The molecule has 1 fully saturated rings. The number of oxime groups is 1. The Balaban J connectivity index is 2.40. The maximum absolute atomic E-state index is 9.56. The summed E-state index contributed by atoms with van der Waals surface area (Å²) in [5.41, 5.74) is 6.06. The van der Waals surface area contributed by atoms with E-state index in [1.807, 2.05) is 4.90 Å². The van der Waals surface area contributed by atoms with Crippen LogP contribution in [0, 0.1) is 0 Å². The van der Waals surface area contributed by atoms with Crippen LogP contribution in [0.5, 0.6) is 0 Å². The van der Waals surface area contributed by atoms with Crippen LogP contribution in [0.15, 0.2) is 17.4 Å². The van der Waals surface area contributed by atoms with Gasteiger partial charge in [-0.1, -0.05) is 29.6 Å². The number of nitrogens with zero attached hydrogens (tertiary/aromatic N) is 3. The molecule has 1 aliphatic rings. The van der Waals surface area contributed by atoms with Crippen molar-refractivity contribution in [1.29, 1.82) is 0 Å². The van der Waals surface area contributed by atoms with Crippen molar-refractivity contribution in [3.8, 4) is 0 Å². The first-order valence-corrected chi connectivity index (χ1v) is 7.06. The number of rotatable bonds is 3. The van der Waals surface area contributed by atoms with Gasteiger partial charge in [0.1, 0.15) is 5.82 Å². The molecule has 20 heavy (non-hydrogen) atoms. The van der Waals surface area contributed by atoms with Gasteiger partial charge in [0.15, 0.2) is 5.84 Å². The second-order valence-corrected chi connectivity index (χ2v) is 5.24. The van der Waals surface area contributed by atoms with Crippen molar-refractivity contribution in [3.63, 3.8) is 0 Å². The summed E-state index contributed by atoms with van der Waals surface area (Å²) < 4.78 is 0. The Labute approximate surface area is 122 Å². The second kappa shape index (κ2) is 6.76. The van der Waals surface area contributed by atoms with Crippen LogP contribution < -0.4 is 10.6 Å². The highest BCUT2D eigenvalue weighted by Gasteiger charge is 2.24. The van der Waals surface area contributed by atoms with Gasteiger partial charge in [0.05, 0.1) is 17.7 Å². The smallest absolute Gasteiger partial charge is 0.171 e. The molecule has 1 saturated heterocycles. The maximum Gasteiger partial charge on any atom is 0.171 e. The van der Waals surface area contributed by atoms with Gasteiger partial charge in [0.25, 0.3) is 0 Å². The second-order valence-electron chi connectivity index (χ2n) is 4.86. The molecule has 0 bridgehead atoms. The van der Waals surface area contributed by atoms with E-state index in [-0.39, 0.29) is 18.5 Å². The van der Waals surface area contributed by atoms with E-state index >= 15 is 0 Å². The predicted octanol–water partition coefficient (Wildman–Crippen LogP) is 1.57. The van der Waals surface area contributed by atoms with Gasteiger partial charge in [-0.05, 0) is 18.9 Å². The van der Waals surface area contributed by atoms with Crippen LogP contribution in [0.3, 0.4) is 0 Å². The SMILES string of the molecule is N/C(=N/O)c1ccnc(N2CCCCCC2CO)c1Cl. The summed E-state index contributed by atoms with van der Waals surface area (Å²) in [6, 6.07) is 1.61. The summed E-state index contributed by atoms with van der Waals surface area (Å²) >= 11 is 6.33. The highest BCUT2D eigenvalue weighted by molar-refractivity contribution is 6.36. The highest BCUT2D eigenvalue weighted by atomic mass is 35.5. The molecule has 1 atom stereocenters. The lowest BCUT2D eigenvalue weighted by atomic mass is 10.1. The van der Waals surface area contributed by atoms with Crippen molar-refractivity contribution in [2.45, 2.75) is 31.7 Å². The molecule has 2 rings (SSSR count). The maximum atomic E-state index is 9.56. The molecule has 0 radical (unpaired) electrons. The minimum Gasteiger partial charge on any atom is -0.409 e. The Morgan fingerprint density at radius 1 is 1.50 bits per heavy atom. The van der Waals surface area contributed by atoms with Crippen molar-refractivity contribution in [3.05, 3.63) is 22.8 Å². The number of pyridine rings is 1. The number of halogens is 1. The largest absolute Gasteiger partial charge is 0.409 e. The van der Waals surface area contributed by atoms with Gasteiger partial charge in [-0.15, -0.1) is 0 Å². The van der Waals surface area contributed by atoms with Crippen LogP contribution in [0.25, 0.3) is 0 Å². The van der Waals surface area contributed by atoms with Crippen LogP contribution in [-0.2, 0) is 0 Å². The van der Waals surface area contributed by atoms with Gasteiger partial charge in [0.2, 0.25) is 0 Å². The van der Waals surface area contributed by atoms with Gasteiger partial charge >= 0.3 is 0 Å². The van der Waals surface area contributed by atoms with Gasteiger partial charge in [-0.2, -0.15) is 0 Å². The molecule has 2 heterocycles. The Hall–Kier alpha value is -1.53. The summed E-state index contributed by atoms with van der Waals surface area (Å²) in [7, 11) is 0. The van der Waals surface area contributed by atoms with E-state index in [0.717, 1.165) is 32.2 Å². The Kier molecular flexibility index (Phi) is 5.03. The number of aromatic nitrogens is 1. The lowest BCUT2D eigenvalue weighted by Crippen LogP contribution is -2.38. The van der Waals surface area contributed by atoms with Gasteiger partial charge < -0.3 is 20.9 Å². The molecule has 1 aromatic heterocycles. The van der Waals surface area contributed by atoms with E-state index < -0.39 is 0 Å². The summed E-state index contributed by atoms with van der Waals surface area (Å²) in [6.45, 7) is 0.851. The van der Waals surface area contributed by atoms with Crippen LogP contribution in [0.1, 0.15) is 31.2 Å². The highest BCUT2D eigenvalue weighted by Crippen LogP contribution is 2.31. The number of anilines is 1. The van der Waals surface area contributed by atoms with E-state index in [4.69, 9.17) is 22.5 Å². The van der Waals surface area contributed by atoms with Gasteiger partial charge in [0, 0.05) is 18.3 Å². The van der Waals surface area contributed by atoms with Crippen molar-refractivity contribution in [2.75, 3.05) is 18.1 Å². The van der Waals surface area contributed by atoms with Crippen molar-refractivity contribution >= 4 is 23.3 Å². The predicted molar refractivity (Wildman–Crippen MR) is 78.4 cm³/mol. The topological polar surface area (TPSA) is 95.0 Å².